The molecular formula is C18H21ClN2O. The van der Waals surface area contributed by atoms with Crippen LogP contribution in [-0.4, -0.2) is 12.5 Å². The summed E-state index contributed by atoms with van der Waals surface area (Å²) in [7, 11) is 0. The Morgan fingerprint density at radius 3 is 2.50 bits per heavy atom. The third kappa shape index (κ3) is 4.50. The average molecular weight is 317 g/mol. The van der Waals surface area contributed by atoms with E-state index in [9.17, 15) is 4.79 Å². The lowest BCUT2D eigenvalue weighted by Crippen LogP contribution is -2.37. The Kier molecular flexibility index (Phi) is 5.09. The van der Waals surface area contributed by atoms with Gasteiger partial charge >= 0.3 is 0 Å². The summed E-state index contributed by atoms with van der Waals surface area (Å²) in [6, 6.07) is 15.1. The smallest absolute Gasteiger partial charge is 0.224 e. The molecular weight excluding hydrogens is 296 g/mol. The van der Waals surface area contributed by atoms with E-state index >= 15 is 0 Å². The van der Waals surface area contributed by atoms with Gasteiger partial charge in [-0.2, -0.15) is 0 Å². The number of amides is 1. The molecule has 0 aromatic heterocycles. The molecule has 0 spiro atoms. The van der Waals surface area contributed by atoms with Crippen LogP contribution in [0.25, 0.3) is 0 Å². The molecule has 0 radical (unpaired) electrons. The van der Waals surface area contributed by atoms with Gasteiger partial charge in [-0.05, 0) is 35.4 Å². The minimum absolute atomic E-state index is 0.000116. The van der Waals surface area contributed by atoms with Gasteiger partial charge in [-0.15, -0.1) is 0 Å². The third-order valence-electron chi connectivity index (χ3n) is 3.68. The summed E-state index contributed by atoms with van der Waals surface area (Å²) in [6.07, 6.45) is 0.353. The number of rotatable bonds is 5. The van der Waals surface area contributed by atoms with E-state index in [0.29, 0.717) is 23.7 Å². The Balaban J connectivity index is 1.93. The van der Waals surface area contributed by atoms with Crippen LogP contribution in [0.5, 0.6) is 0 Å². The molecule has 2 aromatic rings. The number of nitrogens with one attached hydrogen (secondary N) is 1. The summed E-state index contributed by atoms with van der Waals surface area (Å²) < 4.78 is 0. The quantitative estimate of drug-likeness (QED) is 0.829. The Bertz CT molecular complexity index is 650. The maximum Gasteiger partial charge on any atom is 0.224 e. The number of carbonyl (C=O) groups is 1. The molecule has 0 aliphatic rings. The van der Waals surface area contributed by atoms with Crippen molar-refractivity contribution >= 4 is 23.2 Å². The lowest BCUT2D eigenvalue weighted by molar-refractivity contribution is -0.120. The number of nitrogens with two attached hydrogens (primary N) is 1. The number of hydrogen-bond acceptors (Lipinski definition) is 2. The molecule has 0 fully saturated rings. The standard InChI is InChI=1S/C18H21ClN2O/c1-18(2,14-4-3-5-15(19)11-14)12-21-17(22)10-13-6-8-16(20)9-7-13/h3-9,11H,10,12,20H2,1-2H3,(H,21,22). The zero-order chi connectivity index (χ0) is 16.2. The highest BCUT2D eigenvalue weighted by atomic mass is 35.5. The van der Waals surface area contributed by atoms with Gasteiger partial charge in [0.2, 0.25) is 5.91 Å². The predicted octanol–water partition coefficient (Wildman–Crippen LogP) is 3.56. The Labute approximate surface area is 136 Å². The second-order valence-corrected chi connectivity index (χ2v) is 6.53. The van der Waals surface area contributed by atoms with Crippen molar-refractivity contribution in [3.63, 3.8) is 0 Å². The summed E-state index contributed by atoms with van der Waals surface area (Å²) in [4.78, 5) is 12.1. The van der Waals surface area contributed by atoms with Crippen molar-refractivity contribution in [2.75, 3.05) is 12.3 Å². The van der Waals surface area contributed by atoms with E-state index in [4.69, 9.17) is 17.3 Å². The Morgan fingerprint density at radius 2 is 1.86 bits per heavy atom. The van der Waals surface area contributed by atoms with Crippen LogP contribution < -0.4 is 11.1 Å². The van der Waals surface area contributed by atoms with Crippen LogP contribution in [0, 0.1) is 0 Å². The van der Waals surface area contributed by atoms with E-state index in [1.807, 2.05) is 36.4 Å². The van der Waals surface area contributed by atoms with E-state index in [1.165, 1.54) is 0 Å². The van der Waals surface area contributed by atoms with Gasteiger partial charge < -0.3 is 11.1 Å². The molecule has 0 atom stereocenters. The van der Waals surface area contributed by atoms with Gasteiger partial charge in [0.1, 0.15) is 0 Å². The van der Waals surface area contributed by atoms with E-state index in [2.05, 4.69) is 19.2 Å². The van der Waals surface area contributed by atoms with Gasteiger partial charge in [0.25, 0.3) is 0 Å². The van der Waals surface area contributed by atoms with Crippen molar-refractivity contribution < 1.29 is 4.79 Å². The lowest BCUT2D eigenvalue weighted by atomic mass is 9.84. The number of nitrogen functional groups attached to an aromatic ring is 1. The van der Waals surface area contributed by atoms with Crippen molar-refractivity contribution in [1.29, 1.82) is 0 Å². The minimum Gasteiger partial charge on any atom is -0.399 e. The first-order chi connectivity index (χ1) is 10.4. The van der Waals surface area contributed by atoms with Gasteiger partial charge in [-0.25, -0.2) is 0 Å². The van der Waals surface area contributed by atoms with Crippen LogP contribution >= 0.6 is 11.6 Å². The molecule has 4 heteroatoms. The second-order valence-electron chi connectivity index (χ2n) is 6.09. The Morgan fingerprint density at radius 1 is 1.18 bits per heavy atom. The second kappa shape index (κ2) is 6.84. The highest BCUT2D eigenvalue weighted by molar-refractivity contribution is 6.30. The van der Waals surface area contributed by atoms with E-state index in [0.717, 1.165) is 11.1 Å². The van der Waals surface area contributed by atoms with Crippen LogP contribution in [0.1, 0.15) is 25.0 Å². The number of benzene rings is 2. The van der Waals surface area contributed by atoms with Crippen molar-refractivity contribution in [2.24, 2.45) is 0 Å². The first-order valence-corrected chi connectivity index (χ1v) is 7.62. The maximum atomic E-state index is 12.1. The highest BCUT2D eigenvalue weighted by Gasteiger charge is 2.21. The molecule has 0 aliphatic carbocycles. The topological polar surface area (TPSA) is 55.1 Å². The molecule has 0 heterocycles. The van der Waals surface area contributed by atoms with Crippen LogP contribution in [0.2, 0.25) is 5.02 Å². The number of carbonyl (C=O) groups excluding carboxylic acids is 1. The first kappa shape index (κ1) is 16.4. The maximum absolute atomic E-state index is 12.1. The van der Waals surface area contributed by atoms with Crippen molar-refractivity contribution in [3.05, 3.63) is 64.7 Å². The zero-order valence-electron chi connectivity index (χ0n) is 12.9. The van der Waals surface area contributed by atoms with Gasteiger partial charge in [0.05, 0.1) is 6.42 Å². The minimum atomic E-state index is -0.179. The summed E-state index contributed by atoms with van der Waals surface area (Å²) in [5, 5.41) is 3.70. The van der Waals surface area contributed by atoms with E-state index in [-0.39, 0.29) is 11.3 Å². The first-order valence-electron chi connectivity index (χ1n) is 7.24. The van der Waals surface area contributed by atoms with Gasteiger partial charge in [0, 0.05) is 22.7 Å². The van der Waals surface area contributed by atoms with Crippen LogP contribution in [0.3, 0.4) is 0 Å². The molecule has 0 unspecified atom stereocenters. The van der Waals surface area contributed by atoms with E-state index in [1.54, 1.807) is 12.1 Å². The van der Waals surface area contributed by atoms with E-state index < -0.39 is 0 Å². The zero-order valence-corrected chi connectivity index (χ0v) is 13.7. The summed E-state index contributed by atoms with van der Waals surface area (Å²) >= 11 is 6.04. The summed E-state index contributed by atoms with van der Waals surface area (Å²) in [5.74, 6) is -0.000116. The van der Waals surface area contributed by atoms with Crippen molar-refractivity contribution in [1.82, 2.24) is 5.32 Å². The number of hydrogen-bond donors (Lipinski definition) is 2. The fourth-order valence-electron chi connectivity index (χ4n) is 2.21. The molecule has 0 aliphatic heterocycles. The van der Waals surface area contributed by atoms with Gasteiger partial charge in [0.15, 0.2) is 0 Å². The fraction of sp³-hybridized carbons (Fsp3) is 0.278. The van der Waals surface area contributed by atoms with Crippen molar-refractivity contribution in [3.8, 4) is 0 Å². The normalized spacial score (nSPS) is 11.2. The fourth-order valence-corrected chi connectivity index (χ4v) is 2.40. The highest BCUT2D eigenvalue weighted by Crippen LogP contribution is 2.24. The lowest BCUT2D eigenvalue weighted by Gasteiger charge is -2.26. The molecule has 3 N–H and O–H groups in total. The molecule has 0 saturated carbocycles. The molecule has 0 saturated heterocycles. The Hall–Kier alpha value is -2.00. The molecule has 2 aromatic carbocycles. The van der Waals surface area contributed by atoms with Gasteiger partial charge in [-0.3, -0.25) is 4.79 Å². The molecule has 116 valence electrons. The predicted molar refractivity (Wildman–Crippen MR) is 92.0 cm³/mol. The molecule has 2 rings (SSSR count). The monoisotopic (exact) mass is 316 g/mol. The average Bonchev–Trinajstić information content (AvgIpc) is 2.48. The number of anilines is 1. The van der Waals surface area contributed by atoms with Crippen LogP contribution in [0.15, 0.2) is 48.5 Å². The molecule has 0 bridgehead atoms. The summed E-state index contributed by atoms with van der Waals surface area (Å²) in [6.45, 7) is 4.73. The molecule has 22 heavy (non-hydrogen) atoms. The van der Waals surface area contributed by atoms with Crippen LogP contribution in [-0.2, 0) is 16.6 Å². The SMILES string of the molecule is CC(C)(CNC(=O)Cc1ccc(N)cc1)c1cccc(Cl)c1. The third-order valence-corrected chi connectivity index (χ3v) is 3.91. The van der Waals surface area contributed by atoms with Crippen LogP contribution in [0.4, 0.5) is 5.69 Å². The van der Waals surface area contributed by atoms with Gasteiger partial charge in [-0.1, -0.05) is 49.7 Å². The summed E-state index contributed by atoms with van der Waals surface area (Å²) in [5.41, 5.74) is 8.22. The van der Waals surface area contributed by atoms with Crippen molar-refractivity contribution in [2.45, 2.75) is 25.7 Å². The largest absolute Gasteiger partial charge is 0.399 e. The molecule has 3 nitrogen and oxygen atoms in total. The number of halogens is 1. The molecule has 1 amide bonds.